The molecule has 0 aromatic heterocycles. The van der Waals surface area contributed by atoms with Gasteiger partial charge in [-0.25, -0.2) is 8.42 Å². The van der Waals surface area contributed by atoms with Crippen LogP contribution in [0.4, 0.5) is 0 Å². The molecule has 0 radical (unpaired) electrons. The average molecular weight is 240 g/mol. The first-order chi connectivity index (χ1) is 7.25. The summed E-state index contributed by atoms with van der Waals surface area (Å²) in [5.41, 5.74) is 1.85. The van der Waals surface area contributed by atoms with Crippen molar-refractivity contribution in [3.05, 3.63) is 29.3 Å². The van der Waals surface area contributed by atoms with Crippen LogP contribution in [-0.4, -0.2) is 14.7 Å². The highest BCUT2D eigenvalue weighted by Gasteiger charge is 2.21. The maximum Gasteiger partial charge on any atom is 0.176 e. The summed E-state index contributed by atoms with van der Waals surface area (Å²) >= 11 is 0. The molecule has 1 aromatic carbocycles. The first-order valence-electron chi connectivity index (χ1n) is 5.58. The molecule has 1 rings (SSSR count). The molecule has 0 N–H and O–H groups in total. The third-order valence-electron chi connectivity index (χ3n) is 2.69. The predicted octanol–water partition coefficient (Wildman–Crippen LogP) is 3.34. The molecule has 0 bridgehead atoms. The van der Waals surface area contributed by atoms with Crippen LogP contribution in [0.1, 0.15) is 50.7 Å². The molecule has 0 aliphatic heterocycles. The van der Waals surface area contributed by atoms with Crippen molar-refractivity contribution in [3.63, 3.8) is 0 Å². The zero-order valence-electron chi connectivity index (χ0n) is 10.6. The zero-order valence-corrected chi connectivity index (χ0v) is 11.4. The summed E-state index contributed by atoms with van der Waals surface area (Å²) in [7, 11) is -3.15. The minimum Gasteiger partial charge on any atom is -0.224 e. The second-order valence-electron chi connectivity index (χ2n) is 4.85. The van der Waals surface area contributed by atoms with Gasteiger partial charge in [0.15, 0.2) is 9.84 Å². The highest BCUT2D eigenvalue weighted by molar-refractivity contribution is 7.90. The van der Waals surface area contributed by atoms with Crippen LogP contribution in [0.25, 0.3) is 0 Å². The Balaban J connectivity index is 3.61. The Labute approximate surface area is 98.6 Å². The molecule has 0 saturated carbocycles. The zero-order chi connectivity index (χ0) is 12.5. The molecular weight excluding hydrogens is 220 g/mol. The third-order valence-corrected chi connectivity index (χ3v) is 3.90. The summed E-state index contributed by atoms with van der Waals surface area (Å²) < 4.78 is 23.8. The second kappa shape index (κ2) is 4.58. The standard InChI is InChI=1S/C13H20O2S/c1-9(2)11-7-6-8-12(10(3)4)13(11)16(5,14)15/h6-10H,1-5H3. The van der Waals surface area contributed by atoms with Crippen molar-refractivity contribution >= 4 is 9.84 Å². The van der Waals surface area contributed by atoms with Crippen LogP contribution in [0, 0.1) is 0 Å². The average Bonchev–Trinajstić information content (AvgIpc) is 2.15. The Bertz CT molecular complexity index is 444. The normalized spacial score (nSPS) is 12.4. The van der Waals surface area contributed by atoms with E-state index >= 15 is 0 Å². The smallest absolute Gasteiger partial charge is 0.176 e. The molecule has 3 heteroatoms. The van der Waals surface area contributed by atoms with Crippen LogP contribution < -0.4 is 0 Å². The van der Waals surface area contributed by atoms with E-state index in [1.807, 2.05) is 45.9 Å². The SMILES string of the molecule is CC(C)c1cccc(C(C)C)c1S(C)(=O)=O. The fourth-order valence-corrected chi connectivity index (χ4v) is 3.37. The fourth-order valence-electron chi connectivity index (χ4n) is 1.91. The van der Waals surface area contributed by atoms with Crippen LogP contribution >= 0.6 is 0 Å². The van der Waals surface area contributed by atoms with Gasteiger partial charge >= 0.3 is 0 Å². The van der Waals surface area contributed by atoms with E-state index in [2.05, 4.69) is 0 Å². The number of sulfone groups is 1. The molecule has 0 unspecified atom stereocenters. The summed E-state index contributed by atoms with van der Waals surface area (Å²) in [4.78, 5) is 0.528. The van der Waals surface area contributed by atoms with E-state index in [4.69, 9.17) is 0 Å². The van der Waals surface area contributed by atoms with Crippen molar-refractivity contribution in [1.29, 1.82) is 0 Å². The summed E-state index contributed by atoms with van der Waals surface area (Å²) in [6, 6.07) is 5.76. The molecule has 16 heavy (non-hydrogen) atoms. The van der Waals surface area contributed by atoms with Gasteiger partial charge in [-0.3, -0.25) is 0 Å². The van der Waals surface area contributed by atoms with Crippen molar-refractivity contribution < 1.29 is 8.42 Å². The van der Waals surface area contributed by atoms with Crippen LogP contribution in [0.2, 0.25) is 0 Å². The Morgan fingerprint density at radius 1 is 0.938 bits per heavy atom. The molecule has 0 amide bonds. The molecule has 1 aromatic rings. The molecule has 90 valence electrons. The van der Waals surface area contributed by atoms with Crippen molar-refractivity contribution in [2.45, 2.75) is 44.4 Å². The molecule has 2 nitrogen and oxygen atoms in total. The molecule has 0 atom stereocenters. The lowest BCUT2D eigenvalue weighted by Gasteiger charge is -2.17. The van der Waals surface area contributed by atoms with Crippen LogP contribution in [0.3, 0.4) is 0 Å². The number of benzene rings is 1. The highest BCUT2D eigenvalue weighted by atomic mass is 32.2. The van der Waals surface area contributed by atoms with Crippen LogP contribution in [0.5, 0.6) is 0 Å². The van der Waals surface area contributed by atoms with Gasteiger partial charge in [-0.1, -0.05) is 45.9 Å². The van der Waals surface area contributed by atoms with E-state index in [1.54, 1.807) is 0 Å². The third kappa shape index (κ3) is 2.64. The van der Waals surface area contributed by atoms with Crippen molar-refractivity contribution in [1.82, 2.24) is 0 Å². The fraction of sp³-hybridized carbons (Fsp3) is 0.538. The lowest BCUT2D eigenvalue weighted by Crippen LogP contribution is -2.09. The van der Waals surface area contributed by atoms with Crippen molar-refractivity contribution in [2.75, 3.05) is 6.26 Å². The van der Waals surface area contributed by atoms with Gasteiger partial charge in [0.05, 0.1) is 4.90 Å². The van der Waals surface area contributed by atoms with Gasteiger partial charge in [-0.2, -0.15) is 0 Å². The molecule has 0 heterocycles. The van der Waals surface area contributed by atoms with E-state index < -0.39 is 9.84 Å². The van der Waals surface area contributed by atoms with Crippen molar-refractivity contribution in [2.24, 2.45) is 0 Å². The molecule has 0 aliphatic carbocycles. The Morgan fingerprint density at radius 2 is 1.31 bits per heavy atom. The van der Waals surface area contributed by atoms with Gasteiger partial charge in [0.25, 0.3) is 0 Å². The van der Waals surface area contributed by atoms with E-state index in [9.17, 15) is 8.42 Å². The van der Waals surface area contributed by atoms with Gasteiger partial charge in [0.1, 0.15) is 0 Å². The number of rotatable bonds is 3. The Kier molecular flexibility index (Phi) is 3.79. The number of hydrogen-bond acceptors (Lipinski definition) is 2. The van der Waals surface area contributed by atoms with Crippen LogP contribution in [-0.2, 0) is 9.84 Å². The lowest BCUT2D eigenvalue weighted by atomic mass is 9.95. The summed E-state index contributed by atoms with van der Waals surface area (Å²) in [5, 5.41) is 0. The van der Waals surface area contributed by atoms with Gasteiger partial charge in [-0.05, 0) is 23.0 Å². The van der Waals surface area contributed by atoms with E-state index in [0.717, 1.165) is 11.1 Å². The molecule has 0 saturated heterocycles. The maximum absolute atomic E-state index is 11.9. The quantitative estimate of drug-likeness (QED) is 0.812. The topological polar surface area (TPSA) is 34.1 Å². The first-order valence-corrected chi connectivity index (χ1v) is 7.47. The first kappa shape index (κ1) is 13.2. The van der Waals surface area contributed by atoms with Gasteiger partial charge < -0.3 is 0 Å². The Hall–Kier alpha value is -0.830. The van der Waals surface area contributed by atoms with E-state index in [-0.39, 0.29) is 11.8 Å². The van der Waals surface area contributed by atoms with Crippen molar-refractivity contribution in [3.8, 4) is 0 Å². The molecule has 0 spiro atoms. The number of hydrogen-bond donors (Lipinski definition) is 0. The molecule has 0 fully saturated rings. The van der Waals surface area contributed by atoms with Crippen LogP contribution in [0.15, 0.2) is 23.1 Å². The monoisotopic (exact) mass is 240 g/mol. The minimum absolute atomic E-state index is 0.225. The largest absolute Gasteiger partial charge is 0.224 e. The summed E-state index contributed by atoms with van der Waals surface area (Å²) in [6.45, 7) is 8.09. The second-order valence-corrected chi connectivity index (χ2v) is 6.80. The highest BCUT2D eigenvalue weighted by Crippen LogP contribution is 2.31. The van der Waals surface area contributed by atoms with Gasteiger partial charge in [-0.15, -0.1) is 0 Å². The molecular formula is C13H20O2S. The minimum atomic E-state index is -3.15. The molecule has 0 aliphatic rings. The van der Waals surface area contributed by atoms with E-state index in [0.29, 0.717) is 4.90 Å². The predicted molar refractivity (Wildman–Crippen MR) is 67.7 cm³/mol. The Morgan fingerprint density at radius 3 is 1.56 bits per heavy atom. The maximum atomic E-state index is 11.9. The summed E-state index contributed by atoms with van der Waals surface area (Å²) in [6.07, 6.45) is 1.29. The van der Waals surface area contributed by atoms with Gasteiger partial charge in [0, 0.05) is 6.26 Å². The van der Waals surface area contributed by atoms with E-state index in [1.165, 1.54) is 6.26 Å². The lowest BCUT2D eigenvalue weighted by molar-refractivity contribution is 0.596. The van der Waals surface area contributed by atoms with Gasteiger partial charge in [0.2, 0.25) is 0 Å². The summed E-state index contributed by atoms with van der Waals surface area (Å²) in [5.74, 6) is 0.451.